The molecule has 0 unspecified atom stereocenters. The Morgan fingerprint density at radius 1 is 1.18 bits per heavy atom. The Kier molecular flexibility index (Phi) is 7.88. The third-order valence-electron chi connectivity index (χ3n) is 6.63. The molecule has 0 spiro atoms. The number of rotatable bonds is 10. The van der Waals surface area contributed by atoms with Gasteiger partial charge in [-0.15, -0.1) is 11.3 Å². The van der Waals surface area contributed by atoms with E-state index >= 15 is 0 Å². The van der Waals surface area contributed by atoms with Gasteiger partial charge in [0.15, 0.2) is 11.5 Å². The van der Waals surface area contributed by atoms with Crippen LogP contribution in [0.25, 0.3) is 0 Å². The van der Waals surface area contributed by atoms with Crippen LogP contribution >= 0.6 is 11.3 Å². The fourth-order valence-corrected chi connectivity index (χ4v) is 5.61. The van der Waals surface area contributed by atoms with E-state index in [0.29, 0.717) is 37.6 Å². The third-order valence-corrected chi connectivity index (χ3v) is 7.60. The van der Waals surface area contributed by atoms with Crippen molar-refractivity contribution in [1.82, 2.24) is 15.1 Å². The van der Waals surface area contributed by atoms with Gasteiger partial charge in [-0.3, -0.25) is 14.5 Å². The minimum Gasteiger partial charge on any atom is -0.493 e. The average Bonchev–Trinajstić information content (AvgIpc) is 3.61. The summed E-state index contributed by atoms with van der Waals surface area (Å²) in [5.41, 5.74) is 1.07. The summed E-state index contributed by atoms with van der Waals surface area (Å²) in [4.78, 5) is 31.0. The molecule has 8 heteroatoms. The lowest BCUT2D eigenvalue weighted by atomic mass is 10.1. The number of ether oxygens (including phenoxy) is 2. The summed E-state index contributed by atoms with van der Waals surface area (Å²) in [6.07, 6.45) is 3.41. The molecule has 7 nitrogen and oxygen atoms in total. The predicted octanol–water partition coefficient (Wildman–Crippen LogP) is 3.11. The lowest BCUT2D eigenvalue weighted by Crippen LogP contribution is -2.39. The molecule has 0 bridgehead atoms. The quantitative estimate of drug-likeness (QED) is 0.577. The molecule has 2 saturated heterocycles. The van der Waals surface area contributed by atoms with Gasteiger partial charge in [0.25, 0.3) is 0 Å². The third kappa shape index (κ3) is 5.68. The minimum absolute atomic E-state index is 0.0160. The van der Waals surface area contributed by atoms with Gasteiger partial charge in [-0.2, -0.15) is 0 Å². The van der Waals surface area contributed by atoms with Gasteiger partial charge in [0.05, 0.1) is 26.2 Å². The predicted molar refractivity (Wildman–Crippen MR) is 129 cm³/mol. The van der Waals surface area contributed by atoms with E-state index in [1.165, 1.54) is 17.7 Å². The Hall–Kier alpha value is -2.58. The van der Waals surface area contributed by atoms with E-state index in [-0.39, 0.29) is 30.2 Å². The number of hydrogen-bond donors (Lipinski definition) is 1. The topological polar surface area (TPSA) is 71.1 Å². The summed E-state index contributed by atoms with van der Waals surface area (Å²) in [6.45, 7) is 3.80. The summed E-state index contributed by atoms with van der Waals surface area (Å²) in [5.74, 6) is 1.11. The first-order chi connectivity index (χ1) is 16.1. The first kappa shape index (κ1) is 23.6. The van der Waals surface area contributed by atoms with Crippen LogP contribution < -0.4 is 14.8 Å². The summed E-state index contributed by atoms with van der Waals surface area (Å²) in [7, 11) is 3.22. The van der Waals surface area contributed by atoms with Crippen molar-refractivity contribution in [2.45, 2.75) is 31.7 Å². The molecule has 178 valence electrons. The molecule has 0 aliphatic carbocycles. The number of carbonyl (C=O) groups is 2. The second-order valence-electron chi connectivity index (χ2n) is 8.70. The van der Waals surface area contributed by atoms with Crippen LogP contribution in [0.5, 0.6) is 11.5 Å². The number of benzene rings is 1. The lowest BCUT2D eigenvalue weighted by molar-refractivity contribution is -0.129. The average molecular weight is 472 g/mol. The highest BCUT2D eigenvalue weighted by Crippen LogP contribution is 2.29. The van der Waals surface area contributed by atoms with Crippen LogP contribution in [0.1, 0.15) is 35.7 Å². The normalized spacial score (nSPS) is 19.6. The molecule has 2 amide bonds. The van der Waals surface area contributed by atoms with Crippen molar-refractivity contribution in [3.8, 4) is 11.5 Å². The number of hydrogen-bond acceptors (Lipinski definition) is 6. The fraction of sp³-hybridized carbons (Fsp3) is 0.520. The van der Waals surface area contributed by atoms with Gasteiger partial charge in [0.1, 0.15) is 0 Å². The van der Waals surface area contributed by atoms with Gasteiger partial charge in [-0.1, -0.05) is 12.1 Å². The molecule has 0 saturated carbocycles. The lowest BCUT2D eigenvalue weighted by Gasteiger charge is -2.27. The fourth-order valence-electron chi connectivity index (χ4n) is 4.75. The van der Waals surface area contributed by atoms with Crippen molar-refractivity contribution in [3.63, 3.8) is 0 Å². The molecule has 1 N–H and O–H groups in total. The molecule has 3 heterocycles. The van der Waals surface area contributed by atoms with Gasteiger partial charge in [-0.05, 0) is 61.5 Å². The van der Waals surface area contributed by atoms with E-state index in [1.54, 1.807) is 30.5 Å². The molecule has 4 rings (SSSR count). The van der Waals surface area contributed by atoms with Crippen LogP contribution in [-0.2, 0) is 16.0 Å². The monoisotopic (exact) mass is 471 g/mol. The van der Waals surface area contributed by atoms with E-state index in [1.807, 2.05) is 18.2 Å². The second kappa shape index (κ2) is 11.0. The second-order valence-corrected chi connectivity index (χ2v) is 9.68. The number of methoxy groups -OCH3 is 2. The maximum atomic E-state index is 12.9. The minimum atomic E-state index is -0.287. The van der Waals surface area contributed by atoms with E-state index in [4.69, 9.17) is 9.47 Å². The standard InChI is InChI=1S/C25H33N3O4S/c1-31-21-8-7-18(14-22(21)32-2)9-12-28-17-19(15-24(28)29)25(30)26-16-20(23-6-5-13-33-23)27-10-3-4-11-27/h5-8,13-14,19-20H,3-4,9-12,15-17H2,1-2H3,(H,26,30)/t19-,20+/m1/s1. The van der Waals surface area contributed by atoms with E-state index in [0.717, 1.165) is 18.7 Å². The van der Waals surface area contributed by atoms with Crippen LogP contribution in [0, 0.1) is 5.92 Å². The summed E-state index contributed by atoms with van der Waals surface area (Å²) in [6, 6.07) is 10.2. The van der Waals surface area contributed by atoms with Crippen LogP contribution in [0.4, 0.5) is 0 Å². The number of amides is 2. The molecule has 0 radical (unpaired) electrons. The number of nitrogens with zero attached hydrogens (tertiary/aromatic N) is 2. The van der Waals surface area contributed by atoms with E-state index in [9.17, 15) is 9.59 Å². The Balaban J connectivity index is 1.29. The zero-order valence-corrected chi connectivity index (χ0v) is 20.2. The molecule has 2 aromatic rings. The first-order valence-corrected chi connectivity index (χ1v) is 12.5. The molecule has 1 aromatic carbocycles. The molecule has 33 heavy (non-hydrogen) atoms. The van der Waals surface area contributed by atoms with E-state index in [2.05, 4.69) is 27.7 Å². The Bertz CT molecular complexity index is 943. The number of likely N-dealkylation sites (tertiary alicyclic amines) is 2. The zero-order chi connectivity index (χ0) is 23.2. The highest BCUT2D eigenvalue weighted by molar-refractivity contribution is 7.10. The van der Waals surface area contributed by atoms with Crippen molar-refractivity contribution in [3.05, 3.63) is 46.2 Å². The number of nitrogens with one attached hydrogen (secondary N) is 1. The van der Waals surface area contributed by atoms with Crippen LogP contribution in [-0.4, -0.2) is 68.6 Å². The highest BCUT2D eigenvalue weighted by Gasteiger charge is 2.34. The smallest absolute Gasteiger partial charge is 0.225 e. The Morgan fingerprint density at radius 2 is 1.97 bits per heavy atom. The van der Waals surface area contributed by atoms with Crippen LogP contribution in [0.2, 0.25) is 0 Å². The summed E-state index contributed by atoms with van der Waals surface area (Å²) < 4.78 is 10.7. The summed E-state index contributed by atoms with van der Waals surface area (Å²) in [5, 5.41) is 5.24. The Labute approximate surface area is 199 Å². The van der Waals surface area contributed by atoms with Gasteiger partial charge in [0, 0.05) is 30.9 Å². The molecule has 2 aliphatic rings. The summed E-state index contributed by atoms with van der Waals surface area (Å²) >= 11 is 1.74. The van der Waals surface area contributed by atoms with Crippen molar-refractivity contribution < 1.29 is 19.1 Å². The highest BCUT2D eigenvalue weighted by atomic mass is 32.1. The number of thiophene rings is 1. The zero-order valence-electron chi connectivity index (χ0n) is 19.4. The maximum absolute atomic E-state index is 12.9. The van der Waals surface area contributed by atoms with E-state index < -0.39 is 0 Å². The molecular weight excluding hydrogens is 438 g/mol. The van der Waals surface area contributed by atoms with Crippen molar-refractivity contribution >= 4 is 23.2 Å². The van der Waals surface area contributed by atoms with Gasteiger partial charge < -0.3 is 19.7 Å². The molecule has 2 atom stereocenters. The molecule has 2 fully saturated rings. The molecular formula is C25H33N3O4S. The van der Waals surface area contributed by atoms with Crippen LogP contribution in [0.15, 0.2) is 35.7 Å². The Morgan fingerprint density at radius 3 is 2.67 bits per heavy atom. The maximum Gasteiger partial charge on any atom is 0.225 e. The molecule has 2 aliphatic heterocycles. The van der Waals surface area contributed by atoms with Crippen molar-refractivity contribution in [2.75, 3.05) is 46.9 Å². The first-order valence-electron chi connectivity index (χ1n) is 11.6. The largest absolute Gasteiger partial charge is 0.493 e. The van der Waals surface area contributed by atoms with Crippen molar-refractivity contribution in [1.29, 1.82) is 0 Å². The number of carbonyl (C=O) groups excluding carboxylic acids is 2. The molecule has 1 aromatic heterocycles. The van der Waals surface area contributed by atoms with Gasteiger partial charge in [0.2, 0.25) is 11.8 Å². The SMILES string of the molecule is COc1ccc(CCN2C[C@H](C(=O)NC[C@@H](c3cccs3)N3CCCC3)CC2=O)cc1OC. The van der Waals surface area contributed by atoms with Crippen LogP contribution in [0.3, 0.4) is 0 Å². The van der Waals surface area contributed by atoms with Gasteiger partial charge >= 0.3 is 0 Å². The van der Waals surface area contributed by atoms with Gasteiger partial charge in [-0.25, -0.2) is 0 Å². The van der Waals surface area contributed by atoms with Crippen molar-refractivity contribution in [2.24, 2.45) is 5.92 Å².